The molecule has 0 aromatic heterocycles. The van der Waals surface area contributed by atoms with Crippen LogP contribution in [0.2, 0.25) is 0 Å². The van der Waals surface area contributed by atoms with E-state index in [0.29, 0.717) is 0 Å². The molecule has 8 heteroatoms. The SMILES string of the molecule is CC(NS(=O)(=O)c1cccc(N)c1[N+](=O)[O-])C1CCCC1. The molecule has 0 aliphatic heterocycles. The van der Waals surface area contributed by atoms with Crippen molar-refractivity contribution >= 4 is 21.4 Å². The fourth-order valence-electron chi connectivity index (χ4n) is 2.81. The third kappa shape index (κ3) is 3.33. The highest BCUT2D eigenvalue weighted by molar-refractivity contribution is 7.89. The van der Waals surface area contributed by atoms with E-state index in [1.165, 1.54) is 18.2 Å². The second kappa shape index (κ2) is 5.98. The third-order valence-corrected chi connectivity index (χ3v) is 5.54. The summed E-state index contributed by atoms with van der Waals surface area (Å²) in [7, 11) is -3.97. The van der Waals surface area contributed by atoms with Crippen LogP contribution in [0.4, 0.5) is 11.4 Å². The highest BCUT2D eigenvalue weighted by atomic mass is 32.2. The Balaban J connectivity index is 2.31. The number of nitro groups is 1. The Bertz CT molecular complexity index is 639. The third-order valence-electron chi connectivity index (χ3n) is 3.95. The lowest BCUT2D eigenvalue weighted by molar-refractivity contribution is -0.386. The van der Waals surface area contributed by atoms with Gasteiger partial charge in [0.2, 0.25) is 10.0 Å². The van der Waals surface area contributed by atoms with Gasteiger partial charge in [-0.1, -0.05) is 18.9 Å². The zero-order chi connectivity index (χ0) is 15.6. The van der Waals surface area contributed by atoms with E-state index in [2.05, 4.69) is 4.72 Å². The molecule has 2 rings (SSSR count). The summed E-state index contributed by atoms with van der Waals surface area (Å²) in [5.74, 6) is 0.278. The number of sulfonamides is 1. The van der Waals surface area contributed by atoms with Crippen molar-refractivity contribution in [3.8, 4) is 0 Å². The normalized spacial score (nSPS) is 17.8. The molecule has 21 heavy (non-hydrogen) atoms. The summed E-state index contributed by atoms with van der Waals surface area (Å²) in [6, 6.07) is 3.67. The Kier molecular flexibility index (Phi) is 4.48. The van der Waals surface area contributed by atoms with Crippen LogP contribution in [-0.4, -0.2) is 19.4 Å². The number of hydrogen-bond acceptors (Lipinski definition) is 5. The Hall–Kier alpha value is -1.67. The first-order valence-corrected chi connectivity index (χ1v) is 8.36. The number of para-hydroxylation sites is 1. The maximum absolute atomic E-state index is 12.4. The van der Waals surface area contributed by atoms with Crippen LogP contribution in [0.15, 0.2) is 23.1 Å². The lowest BCUT2D eigenvalue weighted by Crippen LogP contribution is -2.37. The molecule has 1 aromatic carbocycles. The second-order valence-corrected chi connectivity index (χ2v) is 7.09. The fraction of sp³-hybridized carbons (Fsp3) is 0.538. The number of hydrogen-bond donors (Lipinski definition) is 2. The molecule has 116 valence electrons. The predicted molar refractivity (Wildman–Crippen MR) is 79.3 cm³/mol. The first-order chi connectivity index (χ1) is 9.83. The first-order valence-electron chi connectivity index (χ1n) is 6.88. The summed E-state index contributed by atoms with van der Waals surface area (Å²) < 4.78 is 27.4. The molecular weight excluding hydrogens is 294 g/mol. The van der Waals surface area contributed by atoms with E-state index >= 15 is 0 Å². The van der Waals surface area contributed by atoms with Gasteiger partial charge in [0.05, 0.1) is 4.92 Å². The van der Waals surface area contributed by atoms with Crippen molar-refractivity contribution in [2.45, 2.75) is 43.5 Å². The van der Waals surface area contributed by atoms with Gasteiger partial charge in [-0.15, -0.1) is 0 Å². The number of nitrogens with zero attached hydrogens (tertiary/aromatic N) is 1. The van der Waals surface area contributed by atoms with Gasteiger partial charge >= 0.3 is 5.69 Å². The smallest absolute Gasteiger partial charge is 0.312 e. The van der Waals surface area contributed by atoms with E-state index in [4.69, 9.17) is 5.73 Å². The highest BCUT2D eigenvalue weighted by Crippen LogP contribution is 2.32. The topological polar surface area (TPSA) is 115 Å². The minimum Gasteiger partial charge on any atom is -0.393 e. The monoisotopic (exact) mass is 313 g/mol. The van der Waals surface area contributed by atoms with Gasteiger partial charge in [0.1, 0.15) is 5.69 Å². The number of nitrogen functional groups attached to an aromatic ring is 1. The van der Waals surface area contributed by atoms with Gasteiger partial charge < -0.3 is 5.73 Å². The van der Waals surface area contributed by atoms with Gasteiger partial charge in [0.25, 0.3) is 0 Å². The van der Waals surface area contributed by atoms with Crippen LogP contribution in [0, 0.1) is 16.0 Å². The quantitative estimate of drug-likeness (QED) is 0.490. The summed E-state index contributed by atoms with van der Waals surface area (Å²) in [5.41, 5.74) is 4.82. The molecule has 1 aliphatic rings. The highest BCUT2D eigenvalue weighted by Gasteiger charge is 2.31. The van der Waals surface area contributed by atoms with Crippen molar-refractivity contribution in [3.05, 3.63) is 28.3 Å². The predicted octanol–water partition coefficient (Wildman–Crippen LogP) is 2.03. The zero-order valence-electron chi connectivity index (χ0n) is 11.8. The van der Waals surface area contributed by atoms with Crippen LogP contribution < -0.4 is 10.5 Å². The molecule has 0 radical (unpaired) electrons. The standard InChI is InChI=1S/C13H19N3O4S/c1-9(10-5-2-3-6-10)15-21(19,20)12-8-4-7-11(14)13(12)16(17)18/h4,7-10,15H,2-3,5-6,14H2,1H3. The molecule has 3 N–H and O–H groups in total. The average Bonchev–Trinajstić information content (AvgIpc) is 2.91. The van der Waals surface area contributed by atoms with E-state index in [-0.39, 0.29) is 22.5 Å². The maximum Gasteiger partial charge on any atom is 0.312 e. The molecule has 0 saturated heterocycles. The van der Waals surface area contributed by atoms with Gasteiger partial charge in [-0.2, -0.15) is 0 Å². The summed E-state index contributed by atoms with van der Waals surface area (Å²) in [5, 5.41) is 11.1. The molecule has 0 spiro atoms. The molecule has 1 unspecified atom stereocenters. The minimum absolute atomic E-state index is 0.156. The van der Waals surface area contributed by atoms with Gasteiger partial charge in [0.15, 0.2) is 4.90 Å². The summed E-state index contributed by atoms with van der Waals surface area (Å²) in [6.07, 6.45) is 4.13. The van der Waals surface area contributed by atoms with E-state index in [0.717, 1.165) is 25.7 Å². The largest absolute Gasteiger partial charge is 0.393 e. The number of anilines is 1. The second-order valence-electron chi connectivity index (χ2n) is 5.41. The van der Waals surface area contributed by atoms with Crippen LogP contribution in [0.1, 0.15) is 32.6 Å². The van der Waals surface area contributed by atoms with E-state index in [1.54, 1.807) is 6.92 Å². The van der Waals surface area contributed by atoms with Crippen molar-refractivity contribution in [1.82, 2.24) is 4.72 Å². The average molecular weight is 313 g/mol. The first kappa shape index (κ1) is 15.7. The van der Waals surface area contributed by atoms with Gasteiger partial charge in [-0.25, -0.2) is 13.1 Å². The molecule has 7 nitrogen and oxygen atoms in total. The Morgan fingerprint density at radius 1 is 1.38 bits per heavy atom. The molecule has 1 aliphatic carbocycles. The van der Waals surface area contributed by atoms with Gasteiger partial charge in [0, 0.05) is 6.04 Å². The maximum atomic E-state index is 12.4. The van der Waals surface area contributed by atoms with Crippen LogP contribution in [0.5, 0.6) is 0 Å². The molecule has 0 amide bonds. The van der Waals surface area contributed by atoms with E-state index < -0.39 is 20.6 Å². The fourth-order valence-corrected chi connectivity index (χ4v) is 4.33. The number of nitrogens with one attached hydrogen (secondary N) is 1. The lowest BCUT2D eigenvalue weighted by Gasteiger charge is -2.20. The summed E-state index contributed by atoms with van der Waals surface area (Å²) in [6.45, 7) is 1.80. The number of nitro benzene ring substituents is 1. The van der Waals surface area contributed by atoms with Crippen molar-refractivity contribution in [1.29, 1.82) is 0 Å². The Morgan fingerprint density at radius 3 is 2.57 bits per heavy atom. The molecule has 0 bridgehead atoms. The molecular formula is C13H19N3O4S. The van der Waals surface area contributed by atoms with Crippen LogP contribution >= 0.6 is 0 Å². The van der Waals surface area contributed by atoms with Crippen molar-refractivity contribution in [2.24, 2.45) is 5.92 Å². The Labute approximate surface area is 123 Å². The zero-order valence-corrected chi connectivity index (χ0v) is 12.6. The number of nitrogens with two attached hydrogens (primary N) is 1. The molecule has 1 aromatic rings. The van der Waals surface area contributed by atoms with Crippen molar-refractivity contribution < 1.29 is 13.3 Å². The number of rotatable bonds is 5. The molecule has 0 heterocycles. The molecule has 1 fully saturated rings. The molecule has 1 atom stereocenters. The van der Waals surface area contributed by atoms with Crippen LogP contribution in [-0.2, 0) is 10.0 Å². The van der Waals surface area contributed by atoms with Crippen molar-refractivity contribution in [2.75, 3.05) is 5.73 Å². The molecule has 1 saturated carbocycles. The Morgan fingerprint density at radius 2 is 2.00 bits per heavy atom. The van der Waals surface area contributed by atoms with E-state index in [1.807, 2.05) is 0 Å². The lowest BCUT2D eigenvalue weighted by atomic mass is 10.0. The van der Waals surface area contributed by atoms with Gasteiger partial charge in [-0.05, 0) is 37.8 Å². The summed E-state index contributed by atoms with van der Waals surface area (Å²) in [4.78, 5) is 9.93. The van der Waals surface area contributed by atoms with Gasteiger partial charge in [-0.3, -0.25) is 10.1 Å². The van der Waals surface area contributed by atoms with E-state index in [9.17, 15) is 18.5 Å². The number of benzene rings is 1. The minimum atomic E-state index is -3.97. The van der Waals surface area contributed by atoms with Crippen LogP contribution in [0.25, 0.3) is 0 Å². The van der Waals surface area contributed by atoms with Crippen LogP contribution in [0.3, 0.4) is 0 Å². The summed E-state index contributed by atoms with van der Waals surface area (Å²) >= 11 is 0. The van der Waals surface area contributed by atoms with Crippen molar-refractivity contribution in [3.63, 3.8) is 0 Å².